The number of amides is 1. The topological polar surface area (TPSA) is 59.6 Å². The molecule has 3 rings (SSSR count). The third-order valence-corrected chi connectivity index (χ3v) is 3.91. The Morgan fingerprint density at radius 3 is 2.37 bits per heavy atom. The lowest BCUT2D eigenvalue weighted by Gasteiger charge is -2.10. The van der Waals surface area contributed by atoms with E-state index in [1.807, 2.05) is 78.9 Å². The maximum atomic E-state index is 12.1. The van der Waals surface area contributed by atoms with E-state index >= 15 is 0 Å². The Labute approximate surface area is 158 Å². The van der Waals surface area contributed by atoms with Crippen LogP contribution in [0.15, 0.2) is 78.9 Å². The predicted octanol–water partition coefficient (Wildman–Crippen LogP) is 4.32. The number of benzene rings is 3. The molecule has 0 aliphatic rings. The molecular weight excluding hydrogens is 340 g/mol. The molecule has 1 amide bonds. The summed E-state index contributed by atoms with van der Waals surface area (Å²) in [5.41, 5.74) is 2.66. The van der Waals surface area contributed by atoms with Gasteiger partial charge in [0.25, 0.3) is 0 Å². The second-order valence-electron chi connectivity index (χ2n) is 5.93. The van der Waals surface area contributed by atoms with Crippen molar-refractivity contribution in [1.82, 2.24) is 0 Å². The van der Waals surface area contributed by atoms with Gasteiger partial charge in [-0.15, -0.1) is 0 Å². The Morgan fingerprint density at radius 2 is 1.63 bits per heavy atom. The van der Waals surface area contributed by atoms with Gasteiger partial charge >= 0.3 is 0 Å². The van der Waals surface area contributed by atoms with E-state index in [2.05, 4.69) is 10.6 Å². The predicted molar refractivity (Wildman–Crippen MR) is 107 cm³/mol. The Hall–Kier alpha value is -3.47. The molecule has 0 aliphatic heterocycles. The molecule has 5 nitrogen and oxygen atoms in total. The number of carbonyl (C=O) groups is 1. The largest absolute Gasteiger partial charge is 0.497 e. The third-order valence-electron chi connectivity index (χ3n) is 3.91. The number of ether oxygens (including phenoxy) is 2. The van der Waals surface area contributed by atoms with Gasteiger partial charge in [-0.3, -0.25) is 4.79 Å². The van der Waals surface area contributed by atoms with Gasteiger partial charge in [0.1, 0.15) is 18.1 Å². The monoisotopic (exact) mass is 362 g/mol. The molecular formula is C22H22N2O3. The van der Waals surface area contributed by atoms with Crippen LogP contribution >= 0.6 is 0 Å². The lowest BCUT2D eigenvalue weighted by Crippen LogP contribution is -2.21. The average molecular weight is 362 g/mol. The smallest absolute Gasteiger partial charge is 0.243 e. The van der Waals surface area contributed by atoms with Gasteiger partial charge in [0, 0.05) is 17.4 Å². The van der Waals surface area contributed by atoms with E-state index in [0.29, 0.717) is 6.61 Å². The molecule has 0 unspecified atom stereocenters. The van der Waals surface area contributed by atoms with Crippen molar-refractivity contribution in [3.63, 3.8) is 0 Å². The summed E-state index contributed by atoms with van der Waals surface area (Å²) >= 11 is 0. The minimum absolute atomic E-state index is 0.129. The van der Waals surface area contributed by atoms with Crippen LogP contribution in [0, 0.1) is 0 Å². The molecule has 0 bridgehead atoms. The third kappa shape index (κ3) is 5.78. The van der Waals surface area contributed by atoms with Crippen molar-refractivity contribution in [3.05, 3.63) is 84.4 Å². The van der Waals surface area contributed by atoms with E-state index < -0.39 is 0 Å². The summed E-state index contributed by atoms with van der Waals surface area (Å²) in [4.78, 5) is 12.1. The zero-order valence-corrected chi connectivity index (χ0v) is 15.1. The summed E-state index contributed by atoms with van der Waals surface area (Å²) in [6, 6.07) is 24.8. The first kappa shape index (κ1) is 18.3. The van der Waals surface area contributed by atoms with Gasteiger partial charge in [-0.05, 0) is 42.0 Å². The van der Waals surface area contributed by atoms with Crippen molar-refractivity contribution >= 4 is 17.3 Å². The van der Waals surface area contributed by atoms with E-state index in [0.717, 1.165) is 28.4 Å². The fraction of sp³-hybridized carbons (Fsp3) is 0.136. The fourth-order valence-electron chi connectivity index (χ4n) is 2.50. The van der Waals surface area contributed by atoms with Crippen molar-refractivity contribution in [3.8, 4) is 11.5 Å². The number of rotatable bonds is 8. The van der Waals surface area contributed by atoms with Gasteiger partial charge in [0.15, 0.2) is 0 Å². The molecule has 0 saturated heterocycles. The Balaban J connectivity index is 1.46. The highest BCUT2D eigenvalue weighted by Gasteiger charge is 2.04. The Bertz CT molecular complexity index is 864. The van der Waals surface area contributed by atoms with E-state index in [1.165, 1.54) is 0 Å². The fourth-order valence-corrected chi connectivity index (χ4v) is 2.50. The van der Waals surface area contributed by atoms with Gasteiger partial charge < -0.3 is 20.1 Å². The molecule has 3 aromatic carbocycles. The van der Waals surface area contributed by atoms with Crippen LogP contribution in [-0.2, 0) is 11.4 Å². The van der Waals surface area contributed by atoms with Crippen molar-refractivity contribution in [2.24, 2.45) is 0 Å². The van der Waals surface area contributed by atoms with Gasteiger partial charge in [-0.1, -0.05) is 36.4 Å². The van der Waals surface area contributed by atoms with E-state index in [9.17, 15) is 4.79 Å². The Kier molecular flexibility index (Phi) is 6.30. The van der Waals surface area contributed by atoms with Crippen molar-refractivity contribution < 1.29 is 14.3 Å². The van der Waals surface area contributed by atoms with Gasteiger partial charge in [-0.2, -0.15) is 0 Å². The summed E-state index contributed by atoms with van der Waals surface area (Å²) in [7, 11) is 1.61. The minimum Gasteiger partial charge on any atom is -0.497 e. The number of hydrogen-bond acceptors (Lipinski definition) is 4. The normalized spacial score (nSPS) is 10.1. The molecule has 138 valence electrons. The highest BCUT2D eigenvalue weighted by atomic mass is 16.5. The second-order valence-corrected chi connectivity index (χ2v) is 5.93. The number of methoxy groups -OCH3 is 1. The van der Waals surface area contributed by atoms with Crippen LogP contribution in [0.1, 0.15) is 5.56 Å². The quantitative estimate of drug-likeness (QED) is 0.626. The molecule has 2 N–H and O–H groups in total. The molecule has 0 radical (unpaired) electrons. The van der Waals surface area contributed by atoms with E-state index in [4.69, 9.17) is 9.47 Å². The SMILES string of the molecule is COc1cccc(NCC(=O)Nc2ccc(OCc3ccccc3)cc2)c1. The second kappa shape index (κ2) is 9.29. The molecule has 0 fully saturated rings. The van der Waals surface area contributed by atoms with Gasteiger partial charge in [0.2, 0.25) is 5.91 Å². The van der Waals surface area contributed by atoms with Crippen LogP contribution < -0.4 is 20.1 Å². The van der Waals surface area contributed by atoms with Crippen molar-refractivity contribution in [2.45, 2.75) is 6.61 Å². The van der Waals surface area contributed by atoms with E-state index in [1.54, 1.807) is 7.11 Å². The number of nitrogens with one attached hydrogen (secondary N) is 2. The van der Waals surface area contributed by atoms with Crippen molar-refractivity contribution in [1.29, 1.82) is 0 Å². The molecule has 3 aromatic rings. The van der Waals surface area contributed by atoms with Crippen LogP contribution in [-0.4, -0.2) is 19.6 Å². The van der Waals surface area contributed by atoms with Crippen LogP contribution in [0.2, 0.25) is 0 Å². The maximum Gasteiger partial charge on any atom is 0.243 e. The van der Waals surface area contributed by atoms with Crippen LogP contribution in [0.3, 0.4) is 0 Å². The van der Waals surface area contributed by atoms with Crippen LogP contribution in [0.4, 0.5) is 11.4 Å². The number of anilines is 2. The molecule has 27 heavy (non-hydrogen) atoms. The first-order valence-corrected chi connectivity index (χ1v) is 8.67. The van der Waals surface area contributed by atoms with E-state index in [-0.39, 0.29) is 12.5 Å². The molecule has 0 aliphatic carbocycles. The lowest BCUT2D eigenvalue weighted by molar-refractivity contribution is -0.114. The summed E-state index contributed by atoms with van der Waals surface area (Å²) in [6.07, 6.45) is 0. The molecule has 0 heterocycles. The highest BCUT2D eigenvalue weighted by Crippen LogP contribution is 2.18. The zero-order valence-electron chi connectivity index (χ0n) is 15.1. The average Bonchev–Trinajstić information content (AvgIpc) is 2.73. The lowest BCUT2D eigenvalue weighted by atomic mass is 10.2. The summed E-state index contributed by atoms with van der Waals surface area (Å²) in [5.74, 6) is 1.37. The van der Waals surface area contributed by atoms with Crippen LogP contribution in [0.5, 0.6) is 11.5 Å². The molecule has 0 atom stereocenters. The molecule has 0 saturated carbocycles. The van der Waals surface area contributed by atoms with Gasteiger partial charge in [-0.25, -0.2) is 0 Å². The summed E-state index contributed by atoms with van der Waals surface area (Å²) in [6.45, 7) is 0.677. The zero-order chi connectivity index (χ0) is 18.9. The highest BCUT2D eigenvalue weighted by molar-refractivity contribution is 5.93. The number of hydrogen-bond donors (Lipinski definition) is 2. The minimum atomic E-state index is -0.129. The summed E-state index contributed by atoms with van der Waals surface area (Å²) in [5, 5.41) is 5.93. The molecule has 0 spiro atoms. The summed E-state index contributed by atoms with van der Waals surface area (Å²) < 4.78 is 10.9. The van der Waals surface area contributed by atoms with Gasteiger partial charge in [0.05, 0.1) is 13.7 Å². The standard InChI is InChI=1S/C22H22N2O3/c1-26-21-9-5-8-19(14-21)23-15-22(25)24-18-10-12-20(13-11-18)27-16-17-6-3-2-4-7-17/h2-14,23H,15-16H2,1H3,(H,24,25). The first-order valence-electron chi connectivity index (χ1n) is 8.67. The van der Waals surface area contributed by atoms with Crippen LogP contribution in [0.25, 0.3) is 0 Å². The van der Waals surface area contributed by atoms with Crippen molar-refractivity contribution in [2.75, 3.05) is 24.3 Å². The first-order chi connectivity index (χ1) is 13.2. The maximum absolute atomic E-state index is 12.1. The number of carbonyl (C=O) groups excluding carboxylic acids is 1. The molecule has 5 heteroatoms. The Morgan fingerprint density at radius 1 is 0.852 bits per heavy atom. The molecule has 0 aromatic heterocycles.